The van der Waals surface area contributed by atoms with Crippen molar-refractivity contribution in [2.24, 2.45) is 0 Å². The first-order valence-corrected chi connectivity index (χ1v) is 3.94. The highest BCUT2D eigenvalue weighted by Gasteiger charge is 2.29. The molecule has 0 aliphatic heterocycles. The van der Waals surface area contributed by atoms with Crippen molar-refractivity contribution in [2.45, 2.75) is 32.8 Å². The lowest BCUT2D eigenvalue weighted by Gasteiger charge is -2.24. The molecule has 0 bridgehead atoms. The lowest BCUT2D eigenvalue weighted by atomic mass is 10.0. The van der Waals surface area contributed by atoms with Crippen molar-refractivity contribution in [2.75, 3.05) is 13.7 Å². The number of amides is 1. The summed E-state index contributed by atoms with van der Waals surface area (Å²) >= 11 is 0. The van der Waals surface area contributed by atoms with E-state index in [1.165, 1.54) is 0 Å². The summed E-state index contributed by atoms with van der Waals surface area (Å²) < 4.78 is 5.09. The Morgan fingerprint density at radius 2 is 2.09 bits per heavy atom. The molecular weight excluding hydrogens is 142 g/mol. The summed E-state index contributed by atoms with van der Waals surface area (Å²) in [5.74, 6) is -0.0370. The van der Waals surface area contributed by atoms with Crippen molar-refractivity contribution in [3.8, 4) is 0 Å². The molecule has 0 saturated carbocycles. The van der Waals surface area contributed by atoms with Gasteiger partial charge in [-0.3, -0.25) is 4.79 Å². The molecule has 0 aromatic carbocycles. The van der Waals surface area contributed by atoms with Crippen LogP contribution in [-0.4, -0.2) is 25.2 Å². The predicted molar refractivity (Wildman–Crippen MR) is 44.4 cm³/mol. The zero-order valence-corrected chi connectivity index (χ0v) is 7.73. The number of nitrogens with one attached hydrogen (secondary N) is 1. The van der Waals surface area contributed by atoms with Crippen molar-refractivity contribution >= 4 is 5.91 Å². The van der Waals surface area contributed by atoms with Crippen LogP contribution in [0.5, 0.6) is 0 Å². The molecule has 0 fully saturated rings. The van der Waals surface area contributed by atoms with Gasteiger partial charge >= 0.3 is 0 Å². The summed E-state index contributed by atoms with van der Waals surface area (Å²) in [6.07, 6.45) is 0.690. The van der Waals surface area contributed by atoms with Crippen LogP contribution in [0, 0.1) is 0 Å². The molecule has 0 aromatic rings. The standard InChI is InChI=1S/C8H17NO2/c1-5-8(3,11-4)7(10)9-6-2/h5-6H2,1-4H3,(H,9,10). The molecular formula is C8H17NO2. The highest BCUT2D eigenvalue weighted by atomic mass is 16.5. The SMILES string of the molecule is CCNC(=O)C(C)(CC)OC. The Morgan fingerprint density at radius 1 is 1.55 bits per heavy atom. The number of carbonyl (C=O) groups is 1. The van der Waals surface area contributed by atoms with Crippen molar-refractivity contribution in [1.29, 1.82) is 0 Å². The number of rotatable bonds is 4. The highest BCUT2D eigenvalue weighted by molar-refractivity contribution is 5.84. The lowest BCUT2D eigenvalue weighted by Crippen LogP contribution is -2.45. The highest BCUT2D eigenvalue weighted by Crippen LogP contribution is 2.13. The third-order valence-electron chi connectivity index (χ3n) is 1.94. The van der Waals surface area contributed by atoms with Crippen LogP contribution in [0.15, 0.2) is 0 Å². The van der Waals surface area contributed by atoms with Crippen LogP contribution in [-0.2, 0) is 9.53 Å². The van der Waals surface area contributed by atoms with Crippen molar-refractivity contribution in [3.05, 3.63) is 0 Å². The van der Waals surface area contributed by atoms with E-state index in [1.807, 2.05) is 13.8 Å². The third-order valence-corrected chi connectivity index (χ3v) is 1.94. The van der Waals surface area contributed by atoms with E-state index >= 15 is 0 Å². The normalized spacial score (nSPS) is 15.6. The monoisotopic (exact) mass is 159 g/mol. The van der Waals surface area contributed by atoms with Gasteiger partial charge in [0.15, 0.2) is 0 Å². The van der Waals surface area contributed by atoms with Crippen LogP contribution < -0.4 is 5.32 Å². The predicted octanol–water partition coefficient (Wildman–Crippen LogP) is 0.938. The van der Waals surface area contributed by atoms with E-state index in [9.17, 15) is 4.79 Å². The third kappa shape index (κ3) is 2.50. The summed E-state index contributed by atoms with van der Waals surface area (Å²) in [6.45, 7) is 6.26. The number of hydrogen-bond donors (Lipinski definition) is 1. The minimum Gasteiger partial charge on any atom is -0.369 e. The fourth-order valence-corrected chi connectivity index (χ4v) is 0.745. The second kappa shape index (κ2) is 4.34. The molecule has 0 aliphatic carbocycles. The van der Waals surface area contributed by atoms with Crippen LogP contribution in [0.1, 0.15) is 27.2 Å². The first kappa shape index (κ1) is 10.4. The Labute approximate surface area is 68.1 Å². The van der Waals surface area contributed by atoms with Gasteiger partial charge in [0.25, 0.3) is 5.91 Å². The van der Waals surface area contributed by atoms with E-state index < -0.39 is 5.60 Å². The Morgan fingerprint density at radius 3 is 2.36 bits per heavy atom. The minimum atomic E-state index is -0.657. The minimum absolute atomic E-state index is 0.0370. The molecule has 11 heavy (non-hydrogen) atoms. The van der Waals surface area contributed by atoms with Gasteiger partial charge in [0.2, 0.25) is 0 Å². The number of methoxy groups -OCH3 is 1. The van der Waals surface area contributed by atoms with Gasteiger partial charge < -0.3 is 10.1 Å². The molecule has 0 saturated heterocycles. The Kier molecular flexibility index (Phi) is 4.11. The van der Waals surface area contributed by atoms with Crippen LogP contribution in [0.25, 0.3) is 0 Å². The fourth-order valence-electron chi connectivity index (χ4n) is 0.745. The van der Waals surface area contributed by atoms with Gasteiger partial charge in [-0.2, -0.15) is 0 Å². The summed E-state index contributed by atoms with van der Waals surface area (Å²) in [5.41, 5.74) is -0.657. The Balaban J connectivity index is 4.12. The number of carbonyl (C=O) groups excluding carboxylic acids is 1. The molecule has 0 spiro atoms. The van der Waals surface area contributed by atoms with E-state index in [1.54, 1.807) is 14.0 Å². The first-order chi connectivity index (χ1) is 5.10. The molecule has 0 aromatic heterocycles. The van der Waals surface area contributed by atoms with E-state index in [2.05, 4.69) is 5.32 Å². The molecule has 1 unspecified atom stereocenters. The molecule has 0 radical (unpaired) electrons. The quantitative estimate of drug-likeness (QED) is 0.663. The second-order valence-electron chi connectivity index (χ2n) is 2.65. The summed E-state index contributed by atoms with van der Waals surface area (Å²) in [6, 6.07) is 0. The maximum atomic E-state index is 11.3. The van der Waals surface area contributed by atoms with E-state index in [0.717, 1.165) is 0 Å². The fraction of sp³-hybridized carbons (Fsp3) is 0.875. The molecule has 3 nitrogen and oxygen atoms in total. The van der Waals surface area contributed by atoms with Crippen molar-refractivity contribution in [3.63, 3.8) is 0 Å². The largest absolute Gasteiger partial charge is 0.369 e. The smallest absolute Gasteiger partial charge is 0.251 e. The average molecular weight is 159 g/mol. The summed E-state index contributed by atoms with van der Waals surface area (Å²) in [7, 11) is 1.55. The maximum absolute atomic E-state index is 11.3. The zero-order chi connectivity index (χ0) is 8.91. The van der Waals surface area contributed by atoms with Crippen LogP contribution in [0.2, 0.25) is 0 Å². The van der Waals surface area contributed by atoms with Gasteiger partial charge in [0.05, 0.1) is 0 Å². The first-order valence-electron chi connectivity index (χ1n) is 3.94. The van der Waals surface area contributed by atoms with Crippen molar-refractivity contribution in [1.82, 2.24) is 5.32 Å². The molecule has 3 heteroatoms. The molecule has 1 atom stereocenters. The van der Waals surface area contributed by atoms with E-state index in [4.69, 9.17) is 4.74 Å². The molecule has 0 aliphatic rings. The van der Waals surface area contributed by atoms with E-state index in [-0.39, 0.29) is 5.91 Å². The molecule has 1 amide bonds. The molecule has 66 valence electrons. The average Bonchev–Trinajstić information content (AvgIpc) is 2.03. The van der Waals surface area contributed by atoms with Gasteiger partial charge in [0.1, 0.15) is 5.60 Å². The van der Waals surface area contributed by atoms with Crippen LogP contribution >= 0.6 is 0 Å². The molecule has 0 heterocycles. The van der Waals surface area contributed by atoms with Gasteiger partial charge in [-0.05, 0) is 20.3 Å². The lowest BCUT2D eigenvalue weighted by molar-refractivity contribution is -0.141. The van der Waals surface area contributed by atoms with E-state index in [0.29, 0.717) is 13.0 Å². The molecule has 0 rings (SSSR count). The van der Waals surface area contributed by atoms with Gasteiger partial charge in [-0.1, -0.05) is 6.92 Å². The van der Waals surface area contributed by atoms with Crippen LogP contribution in [0.4, 0.5) is 0 Å². The second-order valence-corrected chi connectivity index (χ2v) is 2.65. The molecule has 1 N–H and O–H groups in total. The summed E-state index contributed by atoms with van der Waals surface area (Å²) in [5, 5.41) is 2.72. The van der Waals surface area contributed by atoms with Gasteiger partial charge in [0, 0.05) is 13.7 Å². The Bertz CT molecular complexity index is 130. The summed E-state index contributed by atoms with van der Waals surface area (Å²) in [4.78, 5) is 11.3. The maximum Gasteiger partial charge on any atom is 0.251 e. The van der Waals surface area contributed by atoms with Gasteiger partial charge in [-0.15, -0.1) is 0 Å². The number of likely N-dealkylation sites (N-methyl/N-ethyl adjacent to an activating group) is 1. The Hall–Kier alpha value is -0.570. The zero-order valence-electron chi connectivity index (χ0n) is 7.73. The van der Waals surface area contributed by atoms with Crippen molar-refractivity contribution < 1.29 is 9.53 Å². The number of ether oxygens (including phenoxy) is 1. The van der Waals surface area contributed by atoms with Crippen LogP contribution in [0.3, 0.4) is 0 Å². The van der Waals surface area contributed by atoms with Gasteiger partial charge in [-0.25, -0.2) is 0 Å². The topological polar surface area (TPSA) is 38.3 Å². The number of hydrogen-bond acceptors (Lipinski definition) is 2.